The minimum Gasteiger partial charge on any atom is -0.497 e. The lowest BCUT2D eigenvalue weighted by molar-refractivity contribution is 0.0903. The molecule has 1 aliphatic heterocycles. The van der Waals surface area contributed by atoms with Crippen molar-refractivity contribution < 1.29 is 14.2 Å². The molecule has 0 radical (unpaired) electrons. The van der Waals surface area contributed by atoms with Crippen LogP contribution in [0.5, 0.6) is 11.5 Å². The fourth-order valence-electron chi connectivity index (χ4n) is 3.30. The lowest BCUT2D eigenvalue weighted by atomic mass is 9.97. The summed E-state index contributed by atoms with van der Waals surface area (Å²) in [4.78, 5) is 0. The maximum atomic E-state index is 5.95. The molecule has 2 aromatic rings. The van der Waals surface area contributed by atoms with Gasteiger partial charge in [-0.2, -0.15) is 5.10 Å². The molecule has 6 nitrogen and oxygen atoms in total. The van der Waals surface area contributed by atoms with Gasteiger partial charge in [0.1, 0.15) is 11.5 Å². The van der Waals surface area contributed by atoms with E-state index in [1.165, 1.54) is 5.56 Å². The third kappa shape index (κ3) is 4.14. The van der Waals surface area contributed by atoms with Crippen LogP contribution in [0.3, 0.4) is 0 Å². The van der Waals surface area contributed by atoms with E-state index >= 15 is 0 Å². The predicted molar refractivity (Wildman–Crippen MR) is 96.0 cm³/mol. The van der Waals surface area contributed by atoms with E-state index in [0.29, 0.717) is 5.92 Å². The molecule has 1 aromatic carbocycles. The Morgan fingerprint density at radius 3 is 2.92 bits per heavy atom. The van der Waals surface area contributed by atoms with Crippen LogP contribution in [0.15, 0.2) is 30.6 Å². The molecule has 0 aliphatic carbocycles. The average Bonchev–Trinajstić information content (AvgIpc) is 3.30. The summed E-state index contributed by atoms with van der Waals surface area (Å²) in [7, 11) is 3.35. The molecule has 1 fully saturated rings. The van der Waals surface area contributed by atoms with Gasteiger partial charge in [-0.05, 0) is 19.4 Å². The molecular weight excluding hydrogens is 318 g/mol. The van der Waals surface area contributed by atoms with Gasteiger partial charge >= 0.3 is 0 Å². The van der Waals surface area contributed by atoms with Crippen molar-refractivity contribution in [3.8, 4) is 11.5 Å². The first-order chi connectivity index (χ1) is 12.2. The Kier molecular flexibility index (Phi) is 5.94. The Labute approximate surface area is 149 Å². The number of nitrogens with one attached hydrogen (secondary N) is 1. The van der Waals surface area contributed by atoms with Crippen molar-refractivity contribution in [2.45, 2.75) is 32.5 Å². The number of aryl methyl sites for hydroxylation is 1. The molecule has 1 aromatic heterocycles. The SMILES string of the molecule is CCn1cc([C@@H]2OCC[C@@H]2CNCc2ccc(OC)cc2OC)cn1. The largest absolute Gasteiger partial charge is 0.497 e. The van der Waals surface area contributed by atoms with E-state index < -0.39 is 0 Å². The van der Waals surface area contributed by atoms with E-state index in [1.807, 2.05) is 29.1 Å². The maximum absolute atomic E-state index is 5.95. The standard InChI is InChI=1S/C19H27N3O3/c1-4-22-13-16(12-21-22)19-15(7-8-25-19)11-20-10-14-5-6-17(23-2)9-18(14)24-3/h5-6,9,12-13,15,19-20H,4,7-8,10-11H2,1-3H3/t15-,19-/m1/s1. The highest BCUT2D eigenvalue weighted by molar-refractivity contribution is 5.40. The van der Waals surface area contributed by atoms with E-state index in [4.69, 9.17) is 14.2 Å². The summed E-state index contributed by atoms with van der Waals surface area (Å²) in [5, 5.41) is 7.92. The summed E-state index contributed by atoms with van der Waals surface area (Å²) in [6, 6.07) is 5.91. The Morgan fingerprint density at radius 1 is 1.32 bits per heavy atom. The zero-order valence-corrected chi connectivity index (χ0v) is 15.2. The number of benzene rings is 1. The van der Waals surface area contributed by atoms with E-state index in [9.17, 15) is 0 Å². The number of methoxy groups -OCH3 is 2. The molecule has 6 heteroatoms. The van der Waals surface area contributed by atoms with Gasteiger partial charge in [-0.25, -0.2) is 0 Å². The van der Waals surface area contributed by atoms with E-state index in [2.05, 4.69) is 23.5 Å². The first-order valence-electron chi connectivity index (χ1n) is 8.80. The number of nitrogens with zero attached hydrogens (tertiary/aromatic N) is 2. The van der Waals surface area contributed by atoms with Crippen LogP contribution in [-0.2, 0) is 17.8 Å². The van der Waals surface area contributed by atoms with Crippen molar-refractivity contribution in [2.75, 3.05) is 27.4 Å². The summed E-state index contributed by atoms with van der Waals surface area (Å²) < 4.78 is 18.6. The van der Waals surface area contributed by atoms with Gasteiger partial charge < -0.3 is 19.5 Å². The highest BCUT2D eigenvalue weighted by Crippen LogP contribution is 2.34. The number of hydrogen-bond donors (Lipinski definition) is 1. The van der Waals surface area contributed by atoms with Gasteiger partial charge in [0.15, 0.2) is 0 Å². The monoisotopic (exact) mass is 345 g/mol. The van der Waals surface area contributed by atoms with Gasteiger partial charge in [0.2, 0.25) is 0 Å². The van der Waals surface area contributed by atoms with Crippen LogP contribution < -0.4 is 14.8 Å². The van der Waals surface area contributed by atoms with Crippen LogP contribution in [0.4, 0.5) is 0 Å². The second-order valence-corrected chi connectivity index (χ2v) is 6.28. The Hall–Kier alpha value is -2.05. The van der Waals surface area contributed by atoms with E-state index in [1.54, 1.807) is 14.2 Å². The predicted octanol–water partition coefficient (Wildman–Crippen LogP) is 2.79. The number of rotatable bonds is 8. The lowest BCUT2D eigenvalue weighted by Gasteiger charge is -2.18. The molecule has 1 saturated heterocycles. The second-order valence-electron chi connectivity index (χ2n) is 6.28. The van der Waals surface area contributed by atoms with Crippen LogP contribution in [0.25, 0.3) is 0 Å². The molecule has 0 amide bonds. The topological polar surface area (TPSA) is 57.5 Å². The molecule has 0 bridgehead atoms. The van der Waals surface area contributed by atoms with E-state index in [-0.39, 0.29) is 6.10 Å². The summed E-state index contributed by atoms with van der Waals surface area (Å²) in [6.45, 7) is 5.43. The molecule has 2 atom stereocenters. The number of hydrogen-bond acceptors (Lipinski definition) is 5. The molecule has 2 heterocycles. The number of aromatic nitrogens is 2. The molecule has 0 saturated carbocycles. The van der Waals surface area contributed by atoms with Gasteiger partial charge in [-0.3, -0.25) is 4.68 Å². The Morgan fingerprint density at radius 2 is 2.20 bits per heavy atom. The van der Waals surface area contributed by atoms with Gasteiger partial charge in [-0.15, -0.1) is 0 Å². The third-order valence-corrected chi connectivity index (χ3v) is 4.74. The van der Waals surface area contributed by atoms with Gasteiger partial charge in [0.05, 0.1) is 26.5 Å². The van der Waals surface area contributed by atoms with Crippen LogP contribution in [-0.4, -0.2) is 37.2 Å². The molecular formula is C19H27N3O3. The van der Waals surface area contributed by atoms with Crippen molar-refractivity contribution in [1.29, 1.82) is 0 Å². The van der Waals surface area contributed by atoms with Crippen molar-refractivity contribution in [3.63, 3.8) is 0 Å². The summed E-state index contributed by atoms with van der Waals surface area (Å²) in [6.07, 6.45) is 5.22. The average molecular weight is 345 g/mol. The van der Waals surface area contributed by atoms with Crippen LogP contribution in [0.2, 0.25) is 0 Å². The van der Waals surface area contributed by atoms with Crippen LogP contribution >= 0.6 is 0 Å². The van der Waals surface area contributed by atoms with E-state index in [0.717, 1.165) is 49.7 Å². The van der Waals surface area contributed by atoms with Crippen molar-refractivity contribution in [2.24, 2.45) is 5.92 Å². The smallest absolute Gasteiger partial charge is 0.127 e. The quantitative estimate of drug-likeness (QED) is 0.797. The third-order valence-electron chi connectivity index (χ3n) is 4.74. The minimum absolute atomic E-state index is 0.130. The van der Waals surface area contributed by atoms with Gasteiger partial charge in [0.25, 0.3) is 0 Å². The van der Waals surface area contributed by atoms with Gasteiger partial charge in [0, 0.05) is 55.5 Å². The normalized spacial score (nSPS) is 20.0. The maximum Gasteiger partial charge on any atom is 0.127 e. The zero-order valence-electron chi connectivity index (χ0n) is 15.2. The minimum atomic E-state index is 0.130. The Balaban J connectivity index is 1.58. The van der Waals surface area contributed by atoms with Crippen molar-refractivity contribution in [3.05, 3.63) is 41.7 Å². The lowest BCUT2D eigenvalue weighted by Crippen LogP contribution is -2.24. The van der Waals surface area contributed by atoms with Crippen LogP contribution in [0, 0.1) is 5.92 Å². The van der Waals surface area contributed by atoms with Gasteiger partial charge in [-0.1, -0.05) is 6.07 Å². The Bertz CT molecular complexity index is 686. The molecule has 1 aliphatic rings. The molecule has 0 unspecified atom stereocenters. The highest BCUT2D eigenvalue weighted by atomic mass is 16.5. The molecule has 3 rings (SSSR count). The molecule has 25 heavy (non-hydrogen) atoms. The first kappa shape index (κ1) is 17.8. The number of ether oxygens (including phenoxy) is 3. The van der Waals surface area contributed by atoms with Crippen LogP contribution in [0.1, 0.15) is 30.6 Å². The fourth-order valence-corrected chi connectivity index (χ4v) is 3.30. The highest BCUT2D eigenvalue weighted by Gasteiger charge is 2.30. The van der Waals surface area contributed by atoms with Crippen molar-refractivity contribution >= 4 is 0 Å². The fraction of sp³-hybridized carbons (Fsp3) is 0.526. The molecule has 136 valence electrons. The zero-order chi connectivity index (χ0) is 17.6. The first-order valence-corrected chi connectivity index (χ1v) is 8.80. The second kappa shape index (κ2) is 8.36. The summed E-state index contributed by atoms with van der Waals surface area (Å²) >= 11 is 0. The molecule has 0 spiro atoms. The molecule has 1 N–H and O–H groups in total. The van der Waals surface area contributed by atoms with Crippen molar-refractivity contribution in [1.82, 2.24) is 15.1 Å². The summed E-state index contributed by atoms with van der Waals surface area (Å²) in [5.41, 5.74) is 2.30. The summed E-state index contributed by atoms with van der Waals surface area (Å²) in [5.74, 6) is 2.10.